The molecule has 23 heavy (non-hydrogen) atoms. The van der Waals surface area contributed by atoms with Gasteiger partial charge in [-0.3, -0.25) is 9.59 Å². The monoisotopic (exact) mass is 321 g/mol. The molecule has 1 aliphatic rings. The summed E-state index contributed by atoms with van der Waals surface area (Å²) in [6, 6.07) is 4.75. The first-order valence-corrected chi connectivity index (χ1v) is 7.51. The minimum absolute atomic E-state index is 0.218. The molecule has 1 atom stereocenters. The maximum atomic E-state index is 12.5. The normalized spacial score (nSPS) is 16.3. The van der Waals surface area contributed by atoms with E-state index in [1.807, 2.05) is 6.92 Å². The van der Waals surface area contributed by atoms with Gasteiger partial charge in [-0.25, -0.2) is 0 Å². The number of amides is 2. The average Bonchev–Trinajstić information content (AvgIpc) is 3.37. The van der Waals surface area contributed by atoms with E-state index >= 15 is 0 Å². The van der Waals surface area contributed by atoms with Crippen LogP contribution in [0.15, 0.2) is 18.2 Å². The van der Waals surface area contributed by atoms with Crippen LogP contribution < -0.4 is 26.3 Å². The molecule has 1 aromatic carbocycles. The van der Waals surface area contributed by atoms with Gasteiger partial charge in [0.25, 0.3) is 11.8 Å². The number of rotatable bonds is 8. The van der Waals surface area contributed by atoms with Crippen LogP contribution in [0.4, 0.5) is 0 Å². The third-order valence-corrected chi connectivity index (χ3v) is 4.10. The molecule has 0 spiro atoms. The SMILES string of the molecule is COc1cc(C(=O)NC(C)(CN)C2CC2)ccc1OCC(N)=O. The lowest BCUT2D eigenvalue weighted by molar-refractivity contribution is -0.119. The van der Waals surface area contributed by atoms with Gasteiger partial charge < -0.3 is 26.3 Å². The van der Waals surface area contributed by atoms with Crippen molar-refractivity contribution in [3.05, 3.63) is 23.8 Å². The van der Waals surface area contributed by atoms with E-state index in [2.05, 4.69) is 5.32 Å². The van der Waals surface area contributed by atoms with E-state index in [0.29, 0.717) is 29.5 Å². The van der Waals surface area contributed by atoms with Crippen molar-refractivity contribution in [2.75, 3.05) is 20.3 Å². The first kappa shape index (κ1) is 17.1. The van der Waals surface area contributed by atoms with Gasteiger partial charge in [-0.15, -0.1) is 0 Å². The highest BCUT2D eigenvalue weighted by atomic mass is 16.5. The minimum Gasteiger partial charge on any atom is -0.493 e. The second kappa shape index (κ2) is 6.87. The molecular weight excluding hydrogens is 298 g/mol. The zero-order valence-electron chi connectivity index (χ0n) is 13.4. The lowest BCUT2D eigenvalue weighted by atomic mass is 9.95. The maximum Gasteiger partial charge on any atom is 0.255 e. The van der Waals surface area contributed by atoms with Crippen molar-refractivity contribution in [2.45, 2.75) is 25.3 Å². The molecule has 0 saturated heterocycles. The minimum atomic E-state index is -0.586. The number of nitrogens with two attached hydrogens (primary N) is 2. The van der Waals surface area contributed by atoms with Gasteiger partial charge in [-0.05, 0) is 43.9 Å². The summed E-state index contributed by atoms with van der Waals surface area (Å²) in [4.78, 5) is 23.2. The summed E-state index contributed by atoms with van der Waals surface area (Å²) in [7, 11) is 1.46. The fourth-order valence-corrected chi connectivity index (χ4v) is 2.45. The van der Waals surface area contributed by atoms with Crippen molar-refractivity contribution in [1.29, 1.82) is 0 Å². The Bertz CT molecular complexity index is 601. The van der Waals surface area contributed by atoms with E-state index in [1.54, 1.807) is 18.2 Å². The molecule has 0 aliphatic heterocycles. The topological polar surface area (TPSA) is 117 Å². The second-order valence-corrected chi connectivity index (χ2v) is 5.97. The van der Waals surface area contributed by atoms with Crippen molar-refractivity contribution in [1.82, 2.24) is 5.32 Å². The fraction of sp³-hybridized carbons (Fsp3) is 0.500. The molecule has 0 radical (unpaired) electrons. The van der Waals surface area contributed by atoms with Crippen LogP contribution in [0.1, 0.15) is 30.1 Å². The molecule has 0 bridgehead atoms. The average molecular weight is 321 g/mol. The van der Waals surface area contributed by atoms with Gasteiger partial charge in [-0.2, -0.15) is 0 Å². The Labute approximate surface area is 135 Å². The molecule has 5 N–H and O–H groups in total. The highest BCUT2D eigenvalue weighted by Crippen LogP contribution is 2.39. The lowest BCUT2D eigenvalue weighted by Gasteiger charge is -2.29. The van der Waals surface area contributed by atoms with E-state index in [1.165, 1.54) is 7.11 Å². The molecule has 7 heteroatoms. The number of hydrogen-bond donors (Lipinski definition) is 3. The number of carbonyl (C=O) groups is 2. The number of nitrogens with one attached hydrogen (secondary N) is 1. The van der Waals surface area contributed by atoms with Crippen molar-refractivity contribution in [3.63, 3.8) is 0 Å². The summed E-state index contributed by atoms with van der Waals surface area (Å²) in [5.74, 6) is 0.338. The smallest absolute Gasteiger partial charge is 0.255 e. The molecule has 1 fully saturated rings. The Morgan fingerprint density at radius 2 is 2.04 bits per heavy atom. The molecule has 7 nitrogen and oxygen atoms in total. The molecule has 2 amide bonds. The van der Waals surface area contributed by atoms with Gasteiger partial charge in [0.05, 0.1) is 12.6 Å². The Morgan fingerprint density at radius 3 is 2.57 bits per heavy atom. The summed E-state index contributed by atoms with van der Waals surface area (Å²) in [5, 5.41) is 3.01. The van der Waals surface area contributed by atoms with Gasteiger partial charge in [-0.1, -0.05) is 0 Å². The van der Waals surface area contributed by atoms with E-state index in [9.17, 15) is 9.59 Å². The summed E-state index contributed by atoms with van der Waals surface area (Å²) in [6.07, 6.45) is 2.16. The molecule has 1 unspecified atom stereocenters. The zero-order chi connectivity index (χ0) is 17.0. The Balaban J connectivity index is 2.12. The second-order valence-electron chi connectivity index (χ2n) is 5.97. The van der Waals surface area contributed by atoms with Crippen molar-refractivity contribution < 1.29 is 19.1 Å². The van der Waals surface area contributed by atoms with Crippen molar-refractivity contribution in [2.24, 2.45) is 17.4 Å². The molecule has 2 rings (SSSR count). The van der Waals surface area contributed by atoms with Gasteiger partial charge in [0.2, 0.25) is 0 Å². The van der Waals surface area contributed by atoms with Crippen LogP contribution in [0.2, 0.25) is 0 Å². The third-order valence-electron chi connectivity index (χ3n) is 4.10. The Kier molecular flexibility index (Phi) is 5.10. The van der Waals surface area contributed by atoms with Crippen LogP contribution in [0.3, 0.4) is 0 Å². The first-order valence-electron chi connectivity index (χ1n) is 7.51. The fourth-order valence-electron chi connectivity index (χ4n) is 2.45. The Morgan fingerprint density at radius 1 is 1.35 bits per heavy atom. The van der Waals surface area contributed by atoms with Crippen LogP contribution >= 0.6 is 0 Å². The summed E-state index contributed by atoms with van der Waals surface area (Å²) >= 11 is 0. The van der Waals surface area contributed by atoms with E-state index in [4.69, 9.17) is 20.9 Å². The van der Waals surface area contributed by atoms with Crippen molar-refractivity contribution in [3.8, 4) is 11.5 Å². The maximum absolute atomic E-state index is 12.5. The number of carbonyl (C=O) groups excluding carboxylic acids is 2. The van der Waals surface area contributed by atoms with Gasteiger partial charge in [0.1, 0.15) is 0 Å². The van der Waals surface area contributed by atoms with E-state index in [0.717, 1.165) is 12.8 Å². The predicted molar refractivity (Wildman–Crippen MR) is 85.3 cm³/mol. The number of methoxy groups -OCH3 is 1. The zero-order valence-corrected chi connectivity index (χ0v) is 13.4. The van der Waals surface area contributed by atoms with Crippen LogP contribution in [0, 0.1) is 5.92 Å². The van der Waals surface area contributed by atoms with Crippen molar-refractivity contribution >= 4 is 11.8 Å². The summed E-state index contributed by atoms with van der Waals surface area (Å²) in [5.41, 5.74) is 10.9. The first-order chi connectivity index (χ1) is 10.9. The highest BCUT2D eigenvalue weighted by Gasteiger charge is 2.41. The van der Waals surface area contributed by atoms with E-state index in [-0.39, 0.29) is 12.5 Å². The number of hydrogen-bond acceptors (Lipinski definition) is 5. The van der Waals surface area contributed by atoms with Gasteiger partial charge >= 0.3 is 0 Å². The standard InChI is InChI=1S/C16H23N3O4/c1-16(9-17,11-4-5-11)19-15(21)10-3-6-12(13(7-10)22-2)23-8-14(18)20/h3,6-7,11H,4-5,8-9,17H2,1-2H3,(H2,18,20)(H,19,21). The highest BCUT2D eigenvalue weighted by molar-refractivity contribution is 5.95. The number of primary amides is 1. The van der Waals surface area contributed by atoms with Gasteiger partial charge in [0.15, 0.2) is 18.1 Å². The molecule has 1 saturated carbocycles. The molecule has 126 valence electrons. The number of benzene rings is 1. The molecule has 0 heterocycles. The predicted octanol–water partition coefficient (Wildman–Crippen LogP) is 0.417. The largest absolute Gasteiger partial charge is 0.493 e. The molecule has 1 aromatic rings. The lowest BCUT2D eigenvalue weighted by Crippen LogP contribution is -2.53. The number of ether oxygens (including phenoxy) is 2. The van der Waals surface area contributed by atoms with E-state index < -0.39 is 11.4 Å². The third kappa shape index (κ3) is 4.13. The Hall–Kier alpha value is -2.28. The molecule has 0 aromatic heterocycles. The quantitative estimate of drug-likeness (QED) is 0.641. The van der Waals surface area contributed by atoms with Crippen LogP contribution in [-0.2, 0) is 4.79 Å². The van der Waals surface area contributed by atoms with Gasteiger partial charge in [0, 0.05) is 12.1 Å². The molecular formula is C16H23N3O4. The summed E-state index contributed by atoms with van der Waals surface area (Å²) < 4.78 is 10.4. The van der Waals surface area contributed by atoms with Crippen LogP contribution in [0.5, 0.6) is 11.5 Å². The van der Waals surface area contributed by atoms with Crippen LogP contribution in [0.25, 0.3) is 0 Å². The molecule has 1 aliphatic carbocycles. The summed E-state index contributed by atoms with van der Waals surface area (Å²) in [6.45, 7) is 2.10. The van der Waals surface area contributed by atoms with Crippen LogP contribution in [-0.4, -0.2) is 37.6 Å².